The molecule has 3 heterocycles. The Morgan fingerprint density at radius 3 is 2.58 bits per heavy atom. The first kappa shape index (κ1) is 25.9. The van der Waals surface area contributed by atoms with E-state index in [0.29, 0.717) is 22.4 Å². The van der Waals surface area contributed by atoms with E-state index in [0.717, 1.165) is 32.4 Å². The van der Waals surface area contributed by atoms with Gasteiger partial charge in [0.2, 0.25) is 11.8 Å². The predicted octanol–water partition coefficient (Wildman–Crippen LogP) is 2.34. The standard InChI is InChI=1S/C27H27BF2N4O4/c28-26(10-9-22(35)32-24(26)37)34-16-18-13-17(7-8-21(18)23(34)36)15-31-25(38)27(29,30)19-5-4-6-20(14-19)33-11-2-1-3-12-33/h4-8,13-14H,1-3,9-12,15-16H2,(H,31,38)(H,32,35,37)/t26-/m1/s1. The first-order valence-corrected chi connectivity index (χ1v) is 12.7. The van der Waals surface area contributed by atoms with Crippen LogP contribution < -0.4 is 15.5 Å². The Balaban J connectivity index is 1.26. The van der Waals surface area contributed by atoms with Gasteiger partial charge in [-0.3, -0.25) is 24.5 Å². The summed E-state index contributed by atoms with van der Waals surface area (Å²) < 4.78 is 30.2. The summed E-state index contributed by atoms with van der Waals surface area (Å²) in [6.07, 6.45) is 3.13. The number of hydrogen-bond acceptors (Lipinski definition) is 5. The molecule has 4 amide bonds. The molecule has 0 bridgehead atoms. The Morgan fingerprint density at radius 1 is 1.08 bits per heavy atom. The number of nitrogens with zero attached hydrogens (tertiary/aromatic N) is 2. The average molecular weight is 520 g/mol. The zero-order valence-corrected chi connectivity index (χ0v) is 20.8. The number of fused-ring (bicyclic) bond motifs is 1. The normalized spacial score (nSPS) is 21.8. The van der Waals surface area contributed by atoms with E-state index in [9.17, 15) is 19.2 Å². The number of anilines is 1. The van der Waals surface area contributed by atoms with Crippen molar-refractivity contribution in [2.45, 2.75) is 56.6 Å². The van der Waals surface area contributed by atoms with Gasteiger partial charge in [0.25, 0.3) is 11.8 Å². The fourth-order valence-corrected chi connectivity index (χ4v) is 5.25. The minimum Gasteiger partial charge on any atom is -0.372 e. The van der Waals surface area contributed by atoms with E-state index in [1.165, 1.54) is 29.2 Å². The summed E-state index contributed by atoms with van der Waals surface area (Å²) >= 11 is 0. The average Bonchev–Trinajstić information content (AvgIpc) is 3.26. The third-order valence-corrected chi connectivity index (χ3v) is 7.50. The number of alkyl halides is 2. The van der Waals surface area contributed by atoms with Crippen LogP contribution in [0.2, 0.25) is 0 Å². The number of piperidine rings is 2. The number of amides is 4. The minimum atomic E-state index is -3.73. The van der Waals surface area contributed by atoms with Gasteiger partial charge in [-0.05, 0) is 55.0 Å². The van der Waals surface area contributed by atoms with Crippen LogP contribution in [-0.2, 0) is 33.4 Å². The second-order valence-corrected chi connectivity index (χ2v) is 10.0. The summed E-state index contributed by atoms with van der Waals surface area (Å²) in [4.78, 5) is 52.7. The molecule has 38 heavy (non-hydrogen) atoms. The van der Waals surface area contributed by atoms with Gasteiger partial charge in [-0.15, -0.1) is 0 Å². The van der Waals surface area contributed by atoms with Crippen molar-refractivity contribution in [2.75, 3.05) is 18.0 Å². The van der Waals surface area contributed by atoms with Gasteiger partial charge in [-0.2, -0.15) is 8.78 Å². The minimum absolute atomic E-state index is 0.00560. The molecule has 5 rings (SSSR count). The Hall–Kier alpha value is -3.76. The van der Waals surface area contributed by atoms with E-state index in [4.69, 9.17) is 7.85 Å². The molecule has 2 fully saturated rings. The van der Waals surface area contributed by atoms with Crippen LogP contribution in [0.1, 0.15) is 59.2 Å². The summed E-state index contributed by atoms with van der Waals surface area (Å²) in [5, 5.41) is 4.48. The Labute approximate surface area is 220 Å². The monoisotopic (exact) mass is 520 g/mol. The third kappa shape index (κ3) is 4.65. The van der Waals surface area contributed by atoms with E-state index in [1.807, 2.05) is 0 Å². The van der Waals surface area contributed by atoms with Gasteiger partial charge < -0.3 is 15.1 Å². The number of rotatable bonds is 6. The van der Waals surface area contributed by atoms with Crippen molar-refractivity contribution in [3.63, 3.8) is 0 Å². The number of nitrogens with one attached hydrogen (secondary N) is 2. The zero-order chi connectivity index (χ0) is 27.1. The fraction of sp³-hybridized carbons (Fsp3) is 0.407. The summed E-state index contributed by atoms with van der Waals surface area (Å²) in [5.74, 6) is -6.80. The van der Waals surface area contributed by atoms with Gasteiger partial charge in [-0.25, -0.2) is 0 Å². The third-order valence-electron chi connectivity index (χ3n) is 7.50. The van der Waals surface area contributed by atoms with Crippen LogP contribution in [-0.4, -0.2) is 54.9 Å². The Morgan fingerprint density at radius 2 is 1.84 bits per heavy atom. The lowest BCUT2D eigenvalue weighted by Crippen LogP contribution is -2.63. The van der Waals surface area contributed by atoms with Crippen molar-refractivity contribution in [3.05, 3.63) is 64.7 Å². The highest BCUT2D eigenvalue weighted by Gasteiger charge is 2.48. The number of imide groups is 1. The zero-order valence-electron chi connectivity index (χ0n) is 20.8. The van der Waals surface area contributed by atoms with Crippen LogP contribution in [0.25, 0.3) is 0 Å². The van der Waals surface area contributed by atoms with Crippen molar-refractivity contribution < 1.29 is 28.0 Å². The SMILES string of the molecule is [B][C@@]1(N2Cc3cc(CNC(=O)C(F)(F)c4cccc(N5CCCCC5)c4)ccc3C2=O)CCC(=O)NC1=O. The van der Waals surface area contributed by atoms with Crippen molar-refractivity contribution in [2.24, 2.45) is 0 Å². The molecule has 2 saturated heterocycles. The molecule has 3 aliphatic heterocycles. The first-order valence-electron chi connectivity index (χ1n) is 12.7. The molecule has 2 radical (unpaired) electrons. The molecule has 1 atom stereocenters. The number of carbonyl (C=O) groups excluding carboxylic acids is 4. The van der Waals surface area contributed by atoms with E-state index in [1.54, 1.807) is 18.2 Å². The largest absolute Gasteiger partial charge is 0.372 e. The lowest BCUT2D eigenvalue weighted by molar-refractivity contribution is -0.147. The predicted molar refractivity (Wildman–Crippen MR) is 135 cm³/mol. The molecule has 0 aromatic heterocycles. The molecule has 2 aromatic carbocycles. The van der Waals surface area contributed by atoms with Crippen molar-refractivity contribution >= 4 is 37.2 Å². The van der Waals surface area contributed by atoms with Crippen LogP contribution in [0.3, 0.4) is 0 Å². The lowest BCUT2D eigenvalue weighted by atomic mass is 9.70. The maximum atomic E-state index is 15.1. The van der Waals surface area contributed by atoms with Gasteiger partial charge in [0.1, 0.15) is 7.85 Å². The smallest absolute Gasteiger partial charge is 0.349 e. The summed E-state index contributed by atoms with van der Waals surface area (Å²) in [7, 11) is 6.24. The summed E-state index contributed by atoms with van der Waals surface area (Å²) in [6.45, 7) is 1.44. The highest BCUT2D eigenvalue weighted by Crippen LogP contribution is 2.34. The van der Waals surface area contributed by atoms with E-state index in [-0.39, 0.29) is 31.5 Å². The molecule has 8 nitrogen and oxygen atoms in total. The maximum absolute atomic E-state index is 15.1. The van der Waals surface area contributed by atoms with Crippen LogP contribution in [0.4, 0.5) is 14.5 Å². The number of halogens is 2. The second-order valence-electron chi connectivity index (χ2n) is 10.0. The number of hydrogen-bond donors (Lipinski definition) is 2. The van der Waals surface area contributed by atoms with Crippen molar-refractivity contribution in [3.8, 4) is 0 Å². The van der Waals surface area contributed by atoms with Crippen molar-refractivity contribution in [1.82, 2.24) is 15.5 Å². The maximum Gasteiger partial charge on any atom is 0.349 e. The highest BCUT2D eigenvalue weighted by molar-refractivity contribution is 6.32. The molecule has 2 N–H and O–H groups in total. The molecule has 3 aliphatic rings. The van der Waals surface area contributed by atoms with Gasteiger partial charge in [0.05, 0.1) is 5.44 Å². The molecular weight excluding hydrogens is 493 g/mol. The van der Waals surface area contributed by atoms with E-state index < -0.39 is 35.0 Å². The Kier molecular flexibility index (Phi) is 6.71. The van der Waals surface area contributed by atoms with Crippen LogP contribution in [0.15, 0.2) is 42.5 Å². The van der Waals surface area contributed by atoms with Gasteiger partial charge in [-0.1, -0.05) is 24.3 Å². The topological polar surface area (TPSA) is 98.8 Å². The molecule has 0 aliphatic carbocycles. The molecule has 0 unspecified atom stereocenters. The van der Waals surface area contributed by atoms with Gasteiger partial charge >= 0.3 is 5.92 Å². The summed E-state index contributed by atoms with van der Waals surface area (Å²) in [6, 6.07) is 10.6. The van der Waals surface area contributed by atoms with Gasteiger partial charge in [0, 0.05) is 49.4 Å². The quantitative estimate of drug-likeness (QED) is 0.450. The second kappa shape index (κ2) is 9.85. The fourth-order valence-electron chi connectivity index (χ4n) is 5.25. The number of carbonyl (C=O) groups is 4. The Bertz CT molecular complexity index is 1310. The van der Waals surface area contributed by atoms with E-state index >= 15 is 8.78 Å². The molecular formula is C27H27BF2N4O4. The van der Waals surface area contributed by atoms with Crippen LogP contribution in [0, 0.1) is 0 Å². The first-order chi connectivity index (χ1) is 18.1. The molecule has 0 spiro atoms. The number of benzene rings is 2. The molecule has 2 aromatic rings. The molecule has 0 saturated carbocycles. The van der Waals surface area contributed by atoms with Crippen molar-refractivity contribution in [1.29, 1.82) is 0 Å². The van der Waals surface area contributed by atoms with E-state index in [2.05, 4.69) is 15.5 Å². The summed E-state index contributed by atoms with van der Waals surface area (Å²) in [5.41, 5.74) is 0.0380. The van der Waals surface area contributed by atoms with Gasteiger partial charge in [0.15, 0.2) is 0 Å². The van der Waals surface area contributed by atoms with Crippen LogP contribution >= 0.6 is 0 Å². The molecule has 196 valence electrons. The molecule has 11 heteroatoms. The lowest BCUT2D eigenvalue weighted by Gasteiger charge is -2.40. The highest BCUT2D eigenvalue weighted by atomic mass is 19.3. The van der Waals surface area contributed by atoms with Crippen LogP contribution in [0.5, 0.6) is 0 Å².